The number of carbonyl (C=O) groups is 1. The lowest BCUT2D eigenvalue weighted by Gasteiger charge is -2.18. The second kappa shape index (κ2) is 5.64. The van der Waals surface area contributed by atoms with Crippen LogP contribution < -0.4 is 5.32 Å². The van der Waals surface area contributed by atoms with Gasteiger partial charge in [0.15, 0.2) is 0 Å². The van der Waals surface area contributed by atoms with Gasteiger partial charge in [0.05, 0.1) is 10.5 Å². The lowest BCUT2D eigenvalue weighted by atomic mass is 9.97. The molecule has 18 heavy (non-hydrogen) atoms. The van der Waals surface area contributed by atoms with E-state index in [1.807, 2.05) is 43.4 Å². The average molecular weight is 362 g/mol. The van der Waals surface area contributed by atoms with Gasteiger partial charge in [-0.2, -0.15) is 0 Å². The molecule has 1 aromatic carbocycles. The van der Waals surface area contributed by atoms with Gasteiger partial charge < -0.3 is 5.32 Å². The highest BCUT2D eigenvalue weighted by atomic mass is 127. The first-order chi connectivity index (χ1) is 8.20. The maximum atomic E-state index is 11.9. The van der Waals surface area contributed by atoms with Crippen LogP contribution in [-0.2, 0) is 0 Å². The number of nitro groups is 1. The molecule has 0 aliphatic heterocycles. The zero-order chi connectivity index (χ0) is 13.9. The molecule has 0 saturated heterocycles. The van der Waals surface area contributed by atoms with Gasteiger partial charge in [0.25, 0.3) is 11.6 Å². The van der Waals surface area contributed by atoms with Crippen LogP contribution in [0.2, 0.25) is 0 Å². The topological polar surface area (TPSA) is 72.2 Å². The lowest BCUT2D eigenvalue weighted by molar-refractivity contribution is -0.384. The molecule has 0 unspecified atom stereocenters. The van der Waals surface area contributed by atoms with E-state index in [1.54, 1.807) is 6.07 Å². The molecule has 0 aliphatic rings. The molecule has 5 nitrogen and oxygen atoms in total. The van der Waals surface area contributed by atoms with Crippen molar-refractivity contribution < 1.29 is 9.72 Å². The van der Waals surface area contributed by atoms with Crippen molar-refractivity contribution in [3.8, 4) is 0 Å². The first-order valence-corrected chi connectivity index (χ1v) is 6.51. The Morgan fingerprint density at radius 3 is 2.56 bits per heavy atom. The number of hydrogen-bond acceptors (Lipinski definition) is 3. The van der Waals surface area contributed by atoms with Crippen LogP contribution in [0.25, 0.3) is 0 Å². The van der Waals surface area contributed by atoms with E-state index in [0.717, 1.165) is 0 Å². The molecule has 0 fully saturated rings. The van der Waals surface area contributed by atoms with E-state index >= 15 is 0 Å². The molecular formula is C12H15IN2O3. The summed E-state index contributed by atoms with van der Waals surface area (Å²) in [4.78, 5) is 22.1. The van der Waals surface area contributed by atoms with Crippen LogP contribution in [-0.4, -0.2) is 17.4 Å². The summed E-state index contributed by atoms with van der Waals surface area (Å²) in [6, 6.07) is 4.27. The number of halogens is 1. The predicted molar refractivity (Wildman–Crippen MR) is 77.6 cm³/mol. The molecule has 0 spiro atoms. The van der Waals surface area contributed by atoms with Crippen molar-refractivity contribution >= 4 is 34.2 Å². The maximum absolute atomic E-state index is 11.9. The smallest absolute Gasteiger partial charge is 0.270 e. The number of non-ortho nitro benzene ring substituents is 1. The molecule has 0 heterocycles. The molecule has 0 atom stereocenters. The number of hydrogen-bond donors (Lipinski definition) is 1. The van der Waals surface area contributed by atoms with Crippen LogP contribution in [0.4, 0.5) is 5.69 Å². The fourth-order valence-corrected chi connectivity index (χ4v) is 1.82. The first-order valence-electron chi connectivity index (χ1n) is 5.43. The van der Waals surface area contributed by atoms with Crippen molar-refractivity contribution in [1.29, 1.82) is 0 Å². The Kier molecular flexibility index (Phi) is 4.66. The summed E-state index contributed by atoms with van der Waals surface area (Å²) in [6.45, 7) is 6.54. The summed E-state index contributed by atoms with van der Waals surface area (Å²) < 4.78 is 0.699. The van der Waals surface area contributed by atoms with E-state index in [2.05, 4.69) is 5.32 Å². The van der Waals surface area contributed by atoms with Gasteiger partial charge in [-0.1, -0.05) is 20.8 Å². The molecule has 1 aromatic rings. The van der Waals surface area contributed by atoms with Gasteiger partial charge in [-0.25, -0.2) is 0 Å². The van der Waals surface area contributed by atoms with E-state index in [4.69, 9.17) is 0 Å². The van der Waals surface area contributed by atoms with Crippen LogP contribution in [0.1, 0.15) is 31.1 Å². The van der Waals surface area contributed by atoms with E-state index in [0.29, 0.717) is 15.7 Å². The second-order valence-corrected chi connectivity index (χ2v) is 6.33. The van der Waals surface area contributed by atoms with Crippen molar-refractivity contribution in [1.82, 2.24) is 5.32 Å². The quantitative estimate of drug-likeness (QED) is 0.511. The summed E-state index contributed by atoms with van der Waals surface area (Å²) in [5.74, 6) is -0.280. The molecule has 0 bridgehead atoms. The molecule has 0 saturated carbocycles. The summed E-state index contributed by atoms with van der Waals surface area (Å²) in [5.41, 5.74) is 0.243. The molecule has 1 rings (SSSR count). The van der Waals surface area contributed by atoms with Gasteiger partial charge in [0.2, 0.25) is 0 Å². The zero-order valence-electron chi connectivity index (χ0n) is 10.5. The standard InChI is InChI=1S/C12H15IN2O3/c1-12(2,3)7-14-11(16)9-6-8(15(17)18)4-5-10(9)13/h4-6H,7H2,1-3H3,(H,14,16). The number of amides is 1. The SMILES string of the molecule is CC(C)(C)CNC(=O)c1cc([N+](=O)[O-])ccc1I. The second-order valence-electron chi connectivity index (χ2n) is 5.16. The largest absolute Gasteiger partial charge is 0.351 e. The minimum atomic E-state index is -0.503. The third kappa shape index (κ3) is 4.25. The van der Waals surface area contributed by atoms with E-state index in [1.165, 1.54) is 12.1 Å². The third-order valence-electron chi connectivity index (χ3n) is 2.18. The Morgan fingerprint density at radius 2 is 2.06 bits per heavy atom. The highest BCUT2D eigenvalue weighted by Gasteiger charge is 2.17. The number of nitrogens with one attached hydrogen (secondary N) is 1. The van der Waals surface area contributed by atoms with Crippen molar-refractivity contribution in [2.45, 2.75) is 20.8 Å². The fourth-order valence-electron chi connectivity index (χ4n) is 1.24. The highest BCUT2D eigenvalue weighted by Crippen LogP contribution is 2.20. The minimum absolute atomic E-state index is 0.0260. The van der Waals surface area contributed by atoms with E-state index in [9.17, 15) is 14.9 Å². The molecule has 0 aromatic heterocycles. The van der Waals surface area contributed by atoms with Gasteiger partial charge in [0, 0.05) is 22.2 Å². The van der Waals surface area contributed by atoms with Crippen molar-refractivity contribution in [2.24, 2.45) is 5.41 Å². The van der Waals surface area contributed by atoms with Crippen LogP contribution >= 0.6 is 22.6 Å². The van der Waals surface area contributed by atoms with Crippen molar-refractivity contribution in [3.63, 3.8) is 0 Å². The number of rotatable bonds is 3. The zero-order valence-corrected chi connectivity index (χ0v) is 12.6. The van der Waals surface area contributed by atoms with E-state index < -0.39 is 4.92 Å². The molecule has 98 valence electrons. The van der Waals surface area contributed by atoms with Crippen LogP contribution in [0.15, 0.2) is 18.2 Å². The number of benzene rings is 1. The molecule has 1 amide bonds. The van der Waals surface area contributed by atoms with Gasteiger partial charge in [-0.15, -0.1) is 0 Å². The molecular weight excluding hydrogens is 347 g/mol. The molecule has 6 heteroatoms. The molecule has 0 aliphatic carbocycles. The monoisotopic (exact) mass is 362 g/mol. The predicted octanol–water partition coefficient (Wildman–Crippen LogP) is 2.98. The summed E-state index contributed by atoms with van der Waals surface area (Å²) in [5, 5.41) is 13.5. The van der Waals surface area contributed by atoms with E-state index in [-0.39, 0.29) is 17.0 Å². The Morgan fingerprint density at radius 1 is 1.44 bits per heavy atom. The molecule has 1 N–H and O–H groups in total. The lowest BCUT2D eigenvalue weighted by Crippen LogP contribution is -2.32. The van der Waals surface area contributed by atoms with Crippen molar-refractivity contribution in [3.05, 3.63) is 37.4 Å². The highest BCUT2D eigenvalue weighted by molar-refractivity contribution is 14.1. The Bertz CT molecular complexity index is 481. The number of carbonyl (C=O) groups excluding carboxylic acids is 1. The van der Waals surface area contributed by atoms with Gasteiger partial charge in [-0.3, -0.25) is 14.9 Å². The van der Waals surface area contributed by atoms with Crippen LogP contribution in [0, 0.1) is 19.1 Å². The van der Waals surface area contributed by atoms with Gasteiger partial charge >= 0.3 is 0 Å². The normalized spacial score (nSPS) is 11.1. The molecule has 0 radical (unpaired) electrons. The Labute approximate surface area is 119 Å². The summed E-state index contributed by atoms with van der Waals surface area (Å²) >= 11 is 1.99. The van der Waals surface area contributed by atoms with Gasteiger partial charge in [0.1, 0.15) is 0 Å². The fraction of sp³-hybridized carbons (Fsp3) is 0.417. The third-order valence-corrected chi connectivity index (χ3v) is 3.13. The summed E-state index contributed by atoms with van der Waals surface area (Å²) in [7, 11) is 0. The minimum Gasteiger partial charge on any atom is -0.351 e. The van der Waals surface area contributed by atoms with Gasteiger partial charge in [-0.05, 0) is 34.1 Å². The van der Waals surface area contributed by atoms with Crippen molar-refractivity contribution in [2.75, 3.05) is 6.54 Å². The first kappa shape index (κ1) is 14.9. The van der Waals surface area contributed by atoms with Crippen LogP contribution in [0.3, 0.4) is 0 Å². The Hall–Kier alpha value is -1.18. The van der Waals surface area contributed by atoms with Crippen LogP contribution in [0.5, 0.6) is 0 Å². The number of nitrogens with zero attached hydrogens (tertiary/aromatic N) is 1. The Balaban J connectivity index is 2.91. The maximum Gasteiger partial charge on any atom is 0.270 e. The average Bonchev–Trinajstić information content (AvgIpc) is 2.25. The summed E-state index contributed by atoms with van der Waals surface area (Å²) in [6.07, 6.45) is 0. The number of nitro benzene ring substituents is 1.